The predicted molar refractivity (Wildman–Crippen MR) is 100 cm³/mol. The largest absolute Gasteiger partial charge is 0.416 e. The van der Waals surface area contributed by atoms with Crippen molar-refractivity contribution in [2.24, 2.45) is 0 Å². The quantitative estimate of drug-likeness (QED) is 0.440. The number of hydrogen-bond donors (Lipinski definition) is 1. The van der Waals surface area contributed by atoms with Crippen molar-refractivity contribution in [3.05, 3.63) is 108 Å². The Kier molecular flexibility index (Phi) is 5.41. The summed E-state index contributed by atoms with van der Waals surface area (Å²) in [5.74, 6) is -0.242. The van der Waals surface area contributed by atoms with E-state index in [1.165, 1.54) is 18.2 Å². The summed E-state index contributed by atoms with van der Waals surface area (Å²) in [4.78, 5) is 12.5. The first-order chi connectivity index (χ1) is 12.9. The summed E-state index contributed by atoms with van der Waals surface area (Å²) in [6, 6.07) is 22.5. The van der Waals surface area contributed by atoms with E-state index in [1.54, 1.807) is 30.3 Å². The number of para-hydroxylation sites is 1. The van der Waals surface area contributed by atoms with Gasteiger partial charge >= 0.3 is 6.18 Å². The van der Waals surface area contributed by atoms with Gasteiger partial charge in [0.15, 0.2) is 5.78 Å². The number of anilines is 1. The molecule has 0 aliphatic rings. The van der Waals surface area contributed by atoms with Crippen LogP contribution in [0.5, 0.6) is 0 Å². The molecule has 0 aromatic heterocycles. The molecule has 27 heavy (non-hydrogen) atoms. The molecule has 0 saturated heterocycles. The SMILES string of the molecule is O=C(/C=C(/Nc1ccccc1)c1ccc(C(F)(F)F)cc1)c1ccccc1. The van der Waals surface area contributed by atoms with Crippen LogP contribution in [0.4, 0.5) is 18.9 Å². The fraction of sp³-hybridized carbons (Fsp3) is 0.0455. The molecule has 0 fully saturated rings. The molecule has 0 bridgehead atoms. The van der Waals surface area contributed by atoms with Crippen molar-refractivity contribution in [2.45, 2.75) is 6.18 Å². The van der Waals surface area contributed by atoms with Gasteiger partial charge < -0.3 is 5.32 Å². The van der Waals surface area contributed by atoms with Crippen molar-refractivity contribution in [2.75, 3.05) is 5.32 Å². The van der Waals surface area contributed by atoms with Crippen molar-refractivity contribution in [1.82, 2.24) is 0 Å². The molecule has 0 atom stereocenters. The fourth-order valence-electron chi connectivity index (χ4n) is 2.52. The van der Waals surface area contributed by atoms with Gasteiger partial charge in [0.1, 0.15) is 0 Å². The van der Waals surface area contributed by atoms with Gasteiger partial charge in [-0.1, -0.05) is 60.7 Å². The minimum absolute atomic E-state index is 0.242. The van der Waals surface area contributed by atoms with Crippen molar-refractivity contribution >= 4 is 17.2 Å². The molecule has 136 valence electrons. The van der Waals surface area contributed by atoms with Crippen LogP contribution in [0.25, 0.3) is 5.70 Å². The lowest BCUT2D eigenvalue weighted by Crippen LogP contribution is -2.06. The minimum Gasteiger partial charge on any atom is -0.355 e. The summed E-state index contributed by atoms with van der Waals surface area (Å²) in [6.45, 7) is 0. The Bertz CT molecular complexity index is 931. The lowest BCUT2D eigenvalue weighted by atomic mass is 10.0. The Balaban J connectivity index is 1.97. The Labute approximate surface area is 155 Å². The van der Waals surface area contributed by atoms with Crippen LogP contribution in [-0.4, -0.2) is 5.78 Å². The van der Waals surface area contributed by atoms with Crippen LogP contribution in [0.1, 0.15) is 21.5 Å². The molecule has 0 heterocycles. The second-order valence-corrected chi connectivity index (χ2v) is 5.85. The number of rotatable bonds is 5. The van der Waals surface area contributed by atoms with Gasteiger partial charge in [-0.05, 0) is 29.8 Å². The molecule has 2 nitrogen and oxygen atoms in total. The zero-order chi connectivity index (χ0) is 19.3. The first kappa shape index (κ1) is 18.5. The number of allylic oxidation sites excluding steroid dienone is 1. The van der Waals surface area contributed by atoms with Crippen LogP contribution < -0.4 is 5.32 Å². The Morgan fingerprint density at radius 2 is 1.30 bits per heavy atom. The highest BCUT2D eigenvalue weighted by molar-refractivity contribution is 6.09. The Morgan fingerprint density at radius 1 is 0.741 bits per heavy atom. The number of halogens is 3. The monoisotopic (exact) mass is 367 g/mol. The number of benzene rings is 3. The van der Waals surface area contributed by atoms with Crippen LogP contribution in [-0.2, 0) is 6.18 Å². The van der Waals surface area contributed by atoms with Crippen molar-refractivity contribution in [3.8, 4) is 0 Å². The molecule has 0 spiro atoms. The molecule has 0 saturated carbocycles. The lowest BCUT2D eigenvalue weighted by molar-refractivity contribution is -0.137. The smallest absolute Gasteiger partial charge is 0.355 e. The van der Waals surface area contributed by atoms with Crippen LogP contribution in [0.15, 0.2) is 91.0 Å². The van der Waals surface area contributed by atoms with Crippen molar-refractivity contribution in [3.63, 3.8) is 0 Å². The summed E-state index contributed by atoms with van der Waals surface area (Å²) in [5, 5.41) is 3.11. The molecule has 5 heteroatoms. The number of ketones is 1. The minimum atomic E-state index is -4.41. The average Bonchev–Trinajstić information content (AvgIpc) is 2.68. The van der Waals surface area contributed by atoms with E-state index >= 15 is 0 Å². The maximum absolute atomic E-state index is 12.8. The first-order valence-electron chi connectivity index (χ1n) is 8.24. The number of alkyl halides is 3. The van der Waals surface area contributed by atoms with E-state index in [-0.39, 0.29) is 5.78 Å². The van der Waals surface area contributed by atoms with Gasteiger partial charge in [-0.3, -0.25) is 4.79 Å². The maximum Gasteiger partial charge on any atom is 0.416 e. The first-order valence-corrected chi connectivity index (χ1v) is 8.24. The summed E-state index contributed by atoms with van der Waals surface area (Å²) < 4.78 is 38.4. The molecule has 1 N–H and O–H groups in total. The van der Waals surface area contributed by atoms with Crippen LogP contribution in [0, 0.1) is 0 Å². The summed E-state index contributed by atoms with van der Waals surface area (Å²) in [7, 11) is 0. The molecule has 3 rings (SSSR count). The van der Waals surface area contributed by atoms with Crippen LogP contribution in [0.2, 0.25) is 0 Å². The number of nitrogens with one attached hydrogen (secondary N) is 1. The molecule has 0 radical (unpaired) electrons. The third-order valence-corrected chi connectivity index (χ3v) is 3.91. The Morgan fingerprint density at radius 3 is 1.85 bits per heavy atom. The van der Waals surface area contributed by atoms with Gasteiger partial charge in [-0.15, -0.1) is 0 Å². The topological polar surface area (TPSA) is 29.1 Å². The summed E-state index contributed by atoms with van der Waals surface area (Å²) in [5.41, 5.74) is 1.39. The molecule has 3 aromatic carbocycles. The molecule has 3 aromatic rings. The fourth-order valence-corrected chi connectivity index (χ4v) is 2.52. The third-order valence-electron chi connectivity index (χ3n) is 3.91. The third kappa shape index (κ3) is 4.85. The van der Waals surface area contributed by atoms with Crippen molar-refractivity contribution in [1.29, 1.82) is 0 Å². The highest BCUT2D eigenvalue weighted by Crippen LogP contribution is 2.30. The van der Waals surface area contributed by atoms with E-state index in [2.05, 4.69) is 5.32 Å². The van der Waals surface area contributed by atoms with E-state index in [1.807, 2.05) is 30.3 Å². The summed E-state index contributed by atoms with van der Waals surface area (Å²) in [6.07, 6.45) is -3.01. The number of carbonyl (C=O) groups is 1. The second-order valence-electron chi connectivity index (χ2n) is 5.85. The number of carbonyl (C=O) groups excluding carboxylic acids is 1. The Hall–Kier alpha value is -3.34. The van der Waals surface area contributed by atoms with Gasteiger partial charge in [0.2, 0.25) is 0 Å². The van der Waals surface area contributed by atoms with Crippen LogP contribution in [0.3, 0.4) is 0 Å². The van der Waals surface area contributed by atoms with E-state index in [0.29, 0.717) is 16.8 Å². The molecule has 0 aliphatic heterocycles. The standard InChI is InChI=1S/C22H16F3NO/c23-22(24,25)18-13-11-16(12-14-18)20(26-19-9-5-2-6-10-19)15-21(27)17-7-3-1-4-8-17/h1-15,26H/b20-15+. The van der Waals surface area contributed by atoms with E-state index < -0.39 is 11.7 Å². The molecule has 0 unspecified atom stereocenters. The van der Waals surface area contributed by atoms with Gasteiger partial charge in [-0.25, -0.2) is 0 Å². The maximum atomic E-state index is 12.8. The normalized spacial score (nSPS) is 11.9. The van der Waals surface area contributed by atoms with Crippen molar-refractivity contribution < 1.29 is 18.0 Å². The highest BCUT2D eigenvalue weighted by Gasteiger charge is 2.30. The van der Waals surface area contributed by atoms with Gasteiger partial charge in [0.05, 0.1) is 5.56 Å². The van der Waals surface area contributed by atoms with E-state index in [4.69, 9.17) is 0 Å². The van der Waals surface area contributed by atoms with Gasteiger partial charge in [0, 0.05) is 23.0 Å². The van der Waals surface area contributed by atoms with Gasteiger partial charge in [-0.2, -0.15) is 13.2 Å². The van der Waals surface area contributed by atoms with Gasteiger partial charge in [0.25, 0.3) is 0 Å². The van der Waals surface area contributed by atoms with Crippen LogP contribution >= 0.6 is 0 Å². The molecule has 0 aliphatic carbocycles. The zero-order valence-corrected chi connectivity index (χ0v) is 14.2. The predicted octanol–water partition coefficient (Wildman–Crippen LogP) is 6.04. The highest BCUT2D eigenvalue weighted by atomic mass is 19.4. The van der Waals surface area contributed by atoms with E-state index in [0.717, 1.165) is 17.8 Å². The average molecular weight is 367 g/mol. The molecular formula is C22H16F3NO. The molecular weight excluding hydrogens is 351 g/mol. The second kappa shape index (κ2) is 7.91. The lowest BCUT2D eigenvalue weighted by Gasteiger charge is -2.13. The molecule has 0 amide bonds. The zero-order valence-electron chi connectivity index (χ0n) is 14.2. The summed E-state index contributed by atoms with van der Waals surface area (Å²) >= 11 is 0. The number of hydrogen-bond acceptors (Lipinski definition) is 2. The van der Waals surface area contributed by atoms with E-state index in [9.17, 15) is 18.0 Å².